The monoisotopic (exact) mass is 573 g/mol. The molecule has 0 aliphatic carbocycles. The summed E-state index contributed by atoms with van der Waals surface area (Å²) in [5.74, 6) is 1.60. The van der Waals surface area contributed by atoms with E-state index < -0.39 is 0 Å². The highest BCUT2D eigenvalue weighted by atomic mass is 35.5. The van der Waals surface area contributed by atoms with Crippen molar-refractivity contribution in [1.82, 2.24) is 15.1 Å². The SMILES string of the molecule is COCc1nnc(NC2CCN(Cc3ccc(N(C)CCO)cc3)CC2)c2cc(OC)ccc12.Cl.Cl.Cl. The Morgan fingerprint density at radius 1 is 1.00 bits per heavy atom. The summed E-state index contributed by atoms with van der Waals surface area (Å²) in [6.07, 6.45) is 2.09. The second-order valence-corrected chi connectivity index (χ2v) is 8.85. The number of likely N-dealkylation sites (N-methyl/N-ethyl adjacent to an activating group) is 1. The summed E-state index contributed by atoms with van der Waals surface area (Å²) < 4.78 is 10.7. The maximum atomic E-state index is 9.12. The van der Waals surface area contributed by atoms with Gasteiger partial charge in [0.05, 0.1) is 26.0 Å². The smallest absolute Gasteiger partial charge is 0.156 e. The van der Waals surface area contributed by atoms with Crippen molar-refractivity contribution in [3.63, 3.8) is 0 Å². The molecule has 0 spiro atoms. The normalized spacial score (nSPS) is 13.7. The lowest BCUT2D eigenvalue weighted by Gasteiger charge is -2.32. The number of hydrogen-bond donors (Lipinski definition) is 2. The third-order valence-corrected chi connectivity index (χ3v) is 6.49. The molecule has 1 aromatic heterocycles. The standard InChI is InChI=1S/C26H35N5O3.3ClH/c1-30(14-15-32)21-6-4-19(5-7-21)17-31-12-10-20(11-13-31)27-26-24-16-22(34-3)8-9-23(24)25(18-33-2)28-29-26;;;/h4-9,16,20,32H,10-15,17-18H2,1-3H3,(H,27,29);3*1H. The fraction of sp³-hybridized carbons (Fsp3) is 0.462. The molecule has 0 amide bonds. The first kappa shape index (κ1) is 33.0. The Morgan fingerprint density at radius 3 is 2.32 bits per heavy atom. The van der Waals surface area contributed by atoms with Crippen molar-refractivity contribution in [1.29, 1.82) is 0 Å². The van der Waals surface area contributed by atoms with Gasteiger partial charge >= 0.3 is 0 Å². The second kappa shape index (κ2) is 16.0. The predicted octanol–water partition coefficient (Wildman–Crippen LogP) is 4.56. The van der Waals surface area contributed by atoms with E-state index >= 15 is 0 Å². The van der Waals surface area contributed by atoms with E-state index in [1.54, 1.807) is 14.2 Å². The number of aliphatic hydroxyl groups is 1. The molecule has 1 aliphatic rings. The maximum Gasteiger partial charge on any atom is 0.156 e. The molecule has 1 aliphatic heterocycles. The number of halogens is 3. The third-order valence-electron chi connectivity index (χ3n) is 6.49. The van der Waals surface area contributed by atoms with Gasteiger partial charge in [0, 0.05) is 62.8 Å². The average Bonchev–Trinajstić information content (AvgIpc) is 2.87. The van der Waals surface area contributed by atoms with Crippen LogP contribution in [0.4, 0.5) is 11.5 Å². The molecule has 206 valence electrons. The van der Waals surface area contributed by atoms with Gasteiger partial charge in [0.25, 0.3) is 0 Å². The molecule has 1 saturated heterocycles. The Kier molecular flexibility index (Phi) is 14.3. The van der Waals surface area contributed by atoms with Crippen LogP contribution in [0.15, 0.2) is 42.5 Å². The summed E-state index contributed by atoms with van der Waals surface area (Å²) in [5, 5.41) is 23.7. The molecule has 0 radical (unpaired) electrons. The average molecular weight is 575 g/mol. The number of hydrogen-bond acceptors (Lipinski definition) is 8. The number of benzene rings is 2. The minimum absolute atomic E-state index is 0. The number of nitrogens with one attached hydrogen (secondary N) is 1. The lowest BCUT2D eigenvalue weighted by Crippen LogP contribution is -2.38. The van der Waals surface area contributed by atoms with Crippen LogP contribution < -0.4 is 15.0 Å². The molecule has 0 unspecified atom stereocenters. The number of nitrogens with zero attached hydrogens (tertiary/aromatic N) is 4. The molecular weight excluding hydrogens is 537 g/mol. The second-order valence-electron chi connectivity index (χ2n) is 8.85. The Morgan fingerprint density at radius 2 is 1.70 bits per heavy atom. The van der Waals surface area contributed by atoms with Crippen LogP contribution in [-0.2, 0) is 17.9 Å². The van der Waals surface area contributed by atoms with Crippen molar-refractivity contribution in [2.24, 2.45) is 0 Å². The zero-order chi connectivity index (χ0) is 23.9. The number of piperidine rings is 1. The number of likely N-dealkylation sites (tertiary alicyclic amines) is 1. The fourth-order valence-corrected chi connectivity index (χ4v) is 4.49. The summed E-state index contributed by atoms with van der Waals surface area (Å²) in [6, 6.07) is 15.0. The topological polar surface area (TPSA) is 83.0 Å². The van der Waals surface area contributed by atoms with Crippen LogP contribution in [0.25, 0.3) is 10.8 Å². The van der Waals surface area contributed by atoms with Gasteiger partial charge in [-0.3, -0.25) is 4.90 Å². The van der Waals surface area contributed by atoms with Crippen molar-refractivity contribution in [2.75, 3.05) is 57.7 Å². The molecule has 37 heavy (non-hydrogen) atoms. The summed E-state index contributed by atoms with van der Waals surface area (Å²) in [6.45, 7) is 4.23. The van der Waals surface area contributed by atoms with Crippen LogP contribution >= 0.6 is 37.2 Å². The highest BCUT2D eigenvalue weighted by molar-refractivity contribution is 5.94. The Labute approximate surface area is 238 Å². The van der Waals surface area contributed by atoms with Gasteiger partial charge in [-0.25, -0.2) is 0 Å². The van der Waals surface area contributed by atoms with Crippen molar-refractivity contribution in [3.05, 3.63) is 53.7 Å². The summed E-state index contributed by atoms with van der Waals surface area (Å²) >= 11 is 0. The first-order valence-electron chi connectivity index (χ1n) is 11.8. The van der Waals surface area contributed by atoms with Crippen molar-refractivity contribution in [3.8, 4) is 5.75 Å². The first-order chi connectivity index (χ1) is 16.6. The molecule has 0 atom stereocenters. The fourth-order valence-electron chi connectivity index (χ4n) is 4.49. The number of aromatic nitrogens is 2. The Hall–Kier alpha value is -2.07. The van der Waals surface area contributed by atoms with E-state index in [-0.39, 0.29) is 43.8 Å². The summed E-state index contributed by atoms with van der Waals surface area (Å²) in [5.41, 5.74) is 3.27. The highest BCUT2D eigenvalue weighted by Gasteiger charge is 2.21. The Balaban J connectivity index is 0.00000228. The largest absolute Gasteiger partial charge is 0.497 e. The highest BCUT2D eigenvalue weighted by Crippen LogP contribution is 2.29. The van der Waals surface area contributed by atoms with Crippen LogP contribution in [-0.4, -0.2) is 73.8 Å². The van der Waals surface area contributed by atoms with E-state index in [9.17, 15) is 0 Å². The quantitative estimate of drug-likeness (QED) is 0.365. The van der Waals surface area contributed by atoms with Crippen LogP contribution in [0, 0.1) is 0 Å². The first-order valence-corrected chi connectivity index (χ1v) is 11.8. The predicted molar refractivity (Wildman–Crippen MR) is 157 cm³/mol. The van der Waals surface area contributed by atoms with Gasteiger partial charge in [0.1, 0.15) is 5.75 Å². The van der Waals surface area contributed by atoms with E-state index in [4.69, 9.17) is 14.6 Å². The minimum Gasteiger partial charge on any atom is -0.497 e. The number of rotatable bonds is 10. The van der Waals surface area contributed by atoms with E-state index in [0.717, 1.165) is 66.2 Å². The third kappa shape index (κ3) is 8.46. The number of ether oxygens (including phenoxy) is 2. The minimum atomic E-state index is 0. The van der Waals surface area contributed by atoms with E-state index in [0.29, 0.717) is 19.2 Å². The molecule has 0 saturated carbocycles. The number of fused-ring (bicyclic) bond motifs is 1. The molecule has 1 fully saturated rings. The van der Waals surface area contributed by atoms with Crippen molar-refractivity contribution in [2.45, 2.75) is 32.0 Å². The van der Waals surface area contributed by atoms with Gasteiger partial charge in [0.2, 0.25) is 0 Å². The van der Waals surface area contributed by atoms with Crippen LogP contribution in [0.1, 0.15) is 24.1 Å². The van der Waals surface area contributed by atoms with Gasteiger partial charge in [-0.05, 0) is 48.7 Å². The zero-order valence-corrected chi connectivity index (χ0v) is 24.0. The van der Waals surface area contributed by atoms with Gasteiger partial charge in [-0.2, -0.15) is 5.10 Å². The van der Waals surface area contributed by atoms with Crippen molar-refractivity contribution < 1.29 is 14.6 Å². The molecule has 2 heterocycles. The van der Waals surface area contributed by atoms with Crippen LogP contribution in [0.3, 0.4) is 0 Å². The van der Waals surface area contributed by atoms with Crippen LogP contribution in [0.5, 0.6) is 5.75 Å². The van der Waals surface area contributed by atoms with Gasteiger partial charge in [0.15, 0.2) is 5.82 Å². The number of aliphatic hydroxyl groups excluding tert-OH is 1. The summed E-state index contributed by atoms with van der Waals surface area (Å²) in [7, 11) is 5.34. The van der Waals surface area contributed by atoms with E-state index in [2.05, 4.69) is 49.6 Å². The summed E-state index contributed by atoms with van der Waals surface area (Å²) in [4.78, 5) is 4.56. The van der Waals surface area contributed by atoms with E-state index in [1.165, 1.54) is 5.56 Å². The van der Waals surface area contributed by atoms with Gasteiger partial charge in [-0.1, -0.05) is 12.1 Å². The molecule has 11 heteroatoms. The zero-order valence-electron chi connectivity index (χ0n) is 21.6. The van der Waals surface area contributed by atoms with Gasteiger partial charge < -0.3 is 24.8 Å². The van der Waals surface area contributed by atoms with Crippen molar-refractivity contribution >= 4 is 59.5 Å². The molecule has 4 rings (SSSR count). The maximum absolute atomic E-state index is 9.12. The lowest BCUT2D eigenvalue weighted by atomic mass is 10.0. The molecule has 8 nitrogen and oxygen atoms in total. The van der Waals surface area contributed by atoms with Crippen LogP contribution in [0.2, 0.25) is 0 Å². The molecule has 3 aromatic rings. The van der Waals surface area contributed by atoms with E-state index in [1.807, 2.05) is 25.2 Å². The molecule has 2 aromatic carbocycles. The molecular formula is C26H38Cl3N5O3. The number of anilines is 2. The van der Waals surface area contributed by atoms with Gasteiger partial charge in [-0.15, -0.1) is 42.3 Å². The molecule has 2 N–H and O–H groups in total. The number of methoxy groups -OCH3 is 2. The molecule has 0 bridgehead atoms. The lowest BCUT2D eigenvalue weighted by molar-refractivity contribution is 0.182. The Bertz CT molecular complexity index is 1080.